The molecule has 1 aromatic carbocycles. The number of carbonyl (C=O) groups excluding carboxylic acids is 1. The van der Waals surface area contributed by atoms with E-state index in [-0.39, 0.29) is 5.91 Å². The molecule has 0 aromatic heterocycles. The third-order valence-electron chi connectivity index (χ3n) is 5.57. The number of amides is 1. The average Bonchev–Trinajstić information content (AvgIpc) is 2.69. The number of piperidine rings is 1. The zero-order chi connectivity index (χ0) is 17.7. The van der Waals surface area contributed by atoms with Crippen molar-refractivity contribution < 1.29 is 14.3 Å². The Morgan fingerprint density at radius 3 is 2.64 bits per heavy atom. The largest absolute Gasteiger partial charge is 0.496 e. The van der Waals surface area contributed by atoms with E-state index in [0.717, 1.165) is 38.1 Å². The fourth-order valence-electron chi connectivity index (χ4n) is 3.92. The van der Waals surface area contributed by atoms with E-state index in [1.165, 1.54) is 5.56 Å². The molecule has 2 aliphatic heterocycles. The molecule has 0 unspecified atom stereocenters. The molecule has 134 valence electrons. The maximum absolute atomic E-state index is 12.9. The van der Waals surface area contributed by atoms with E-state index < -0.39 is 5.41 Å². The maximum atomic E-state index is 12.9. The molecule has 0 bridgehead atoms. The maximum Gasteiger partial charge on any atom is 0.243 e. The summed E-state index contributed by atoms with van der Waals surface area (Å²) in [6.45, 7) is 2.49. The van der Waals surface area contributed by atoms with Crippen molar-refractivity contribution in [2.45, 2.75) is 32.1 Å². The number of nitriles is 1. The normalized spacial score (nSPS) is 20.7. The minimum Gasteiger partial charge on any atom is -0.496 e. The van der Waals surface area contributed by atoms with Crippen LogP contribution in [0, 0.1) is 22.7 Å². The van der Waals surface area contributed by atoms with Crippen LogP contribution in [-0.2, 0) is 16.0 Å². The van der Waals surface area contributed by atoms with Crippen LogP contribution in [0.5, 0.6) is 5.75 Å². The Balaban J connectivity index is 1.58. The van der Waals surface area contributed by atoms with Gasteiger partial charge in [-0.2, -0.15) is 5.26 Å². The lowest BCUT2D eigenvalue weighted by atomic mass is 9.79. The third-order valence-corrected chi connectivity index (χ3v) is 5.57. The number of methoxy groups -OCH3 is 1. The van der Waals surface area contributed by atoms with Gasteiger partial charge in [-0.3, -0.25) is 4.79 Å². The molecule has 2 saturated heterocycles. The van der Waals surface area contributed by atoms with Gasteiger partial charge in [0.25, 0.3) is 0 Å². The number of benzene rings is 1. The predicted octanol–water partition coefficient (Wildman–Crippen LogP) is 2.80. The quantitative estimate of drug-likeness (QED) is 0.844. The SMILES string of the molecule is COc1ccccc1CC1CCN(C(=O)C2(C#N)CCOCC2)CC1. The zero-order valence-electron chi connectivity index (χ0n) is 14.9. The second-order valence-corrected chi connectivity index (χ2v) is 7.06. The van der Waals surface area contributed by atoms with Gasteiger partial charge in [0.1, 0.15) is 11.2 Å². The number of hydrogen-bond acceptors (Lipinski definition) is 4. The molecule has 2 heterocycles. The lowest BCUT2D eigenvalue weighted by Crippen LogP contribution is -2.49. The smallest absolute Gasteiger partial charge is 0.243 e. The number of nitrogens with zero attached hydrogens (tertiary/aromatic N) is 2. The first-order valence-corrected chi connectivity index (χ1v) is 9.09. The van der Waals surface area contributed by atoms with E-state index in [9.17, 15) is 10.1 Å². The van der Waals surface area contributed by atoms with Crippen molar-refractivity contribution in [3.8, 4) is 11.8 Å². The monoisotopic (exact) mass is 342 g/mol. The fourth-order valence-corrected chi connectivity index (χ4v) is 3.92. The number of ether oxygens (including phenoxy) is 2. The van der Waals surface area contributed by atoms with Crippen molar-refractivity contribution in [2.75, 3.05) is 33.4 Å². The predicted molar refractivity (Wildman–Crippen MR) is 94.1 cm³/mol. The van der Waals surface area contributed by atoms with Gasteiger partial charge in [0, 0.05) is 26.3 Å². The second-order valence-electron chi connectivity index (χ2n) is 7.06. The minimum atomic E-state index is -0.867. The summed E-state index contributed by atoms with van der Waals surface area (Å²) in [5.74, 6) is 1.49. The molecule has 2 aliphatic rings. The summed E-state index contributed by atoms with van der Waals surface area (Å²) < 4.78 is 10.8. The molecule has 5 heteroatoms. The Labute approximate surface area is 149 Å². The molecule has 25 heavy (non-hydrogen) atoms. The Hall–Kier alpha value is -2.06. The topological polar surface area (TPSA) is 62.6 Å². The van der Waals surface area contributed by atoms with E-state index in [4.69, 9.17) is 9.47 Å². The number of carbonyl (C=O) groups is 1. The molecular weight excluding hydrogens is 316 g/mol. The molecule has 0 saturated carbocycles. The molecule has 1 amide bonds. The van der Waals surface area contributed by atoms with Crippen molar-refractivity contribution >= 4 is 5.91 Å². The molecule has 0 atom stereocenters. The summed E-state index contributed by atoms with van der Waals surface area (Å²) in [6, 6.07) is 10.4. The van der Waals surface area contributed by atoms with Crippen LogP contribution < -0.4 is 4.74 Å². The molecular formula is C20H26N2O3. The van der Waals surface area contributed by atoms with Gasteiger partial charge in [0.15, 0.2) is 0 Å². The summed E-state index contributed by atoms with van der Waals surface area (Å²) in [7, 11) is 1.70. The van der Waals surface area contributed by atoms with E-state index in [1.54, 1.807) is 7.11 Å². The summed E-state index contributed by atoms with van der Waals surface area (Å²) in [4.78, 5) is 14.8. The highest BCUT2D eigenvalue weighted by Gasteiger charge is 2.43. The minimum absolute atomic E-state index is 0.00837. The Morgan fingerprint density at radius 2 is 2.00 bits per heavy atom. The van der Waals surface area contributed by atoms with Gasteiger partial charge in [0.2, 0.25) is 5.91 Å². The van der Waals surface area contributed by atoms with Crippen molar-refractivity contribution in [1.29, 1.82) is 5.26 Å². The Bertz CT molecular complexity index is 639. The highest BCUT2D eigenvalue weighted by atomic mass is 16.5. The molecule has 2 fully saturated rings. The van der Waals surface area contributed by atoms with Crippen LogP contribution in [0.4, 0.5) is 0 Å². The van der Waals surface area contributed by atoms with Gasteiger partial charge < -0.3 is 14.4 Å². The van der Waals surface area contributed by atoms with Crippen LogP contribution >= 0.6 is 0 Å². The van der Waals surface area contributed by atoms with Gasteiger partial charge in [-0.15, -0.1) is 0 Å². The summed E-state index contributed by atoms with van der Waals surface area (Å²) in [6.07, 6.45) is 3.96. The zero-order valence-corrected chi connectivity index (χ0v) is 14.9. The molecule has 0 radical (unpaired) electrons. The molecule has 0 aliphatic carbocycles. The van der Waals surface area contributed by atoms with E-state index in [2.05, 4.69) is 12.1 Å². The van der Waals surface area contributed by atoms with Crippen molar-refractivity contribution in [1.82, 2.24) is 4.90 Å². The first-order valence-electron chi connectivity index (χ1n) is 9.09. The van der Waals surface area contributed by atoms with Gasteiger partial charge in [-0.25, -0.2) is 0 Å². The van der Waals surface area contributed by atoms with Crippen LogP contribution in [-0.4, -0.2) is 44.2 Å². The van der Waals surface area contributed by atoms with Gasteiger partial charge in [0.05, 0.1) is 13.2 Å². The van der Waals surface area contributed by atoms with Crippen molar-refractivity contribution in [3.63, 3.8) is 0 Å². The lowest BCUT2D eigenvalue weighted by molar-refractivity contribution is -0.144. The van der Waals surface area contributed by atoms with Crippen molar-refractivity contribution in [3.05, 3.63) is 29.8 Å². The average molecular weight is 342 g/mol. The number of hydrogen-bond donors (Lipinski definition) is 0. The summed E-state index contributed by atoms with van der Waals surface area (Å²) in [5.41, 5.74) is 0.362. The number of rotatable bonds is 4. The molecule has 0 N–H and O–H groups in total. The van der Waals surface area contributed by atoms with Crippen LogP contribution in [0.15, 0.2) is 24.3 Å². The van der Waals surface area contributed by atoms with Gasteiger partial charge >= 0.3 is 0 Å². The second kappa shape index (κ2) is 7.88. The third kappa shape index (κ3) is 3.80. The van der Waals surface area contributed by atoms with Crippen LogP contribution in [0.2, 0.25) is 0 Å². The first kappa shape index (κ1) is 17.8. The highest BCUT2D eigenvalue weighted by molar-refractivity contribution is 5.85. The Morgan fingerprint density at radius 1 is 1.32 bits per heavy atom. The molecule has 1 aromatic rings. The van der Waals surface area contributed by atoms with E-state index >= 15 is 0 Å². The molecule has 3 rings (SSSR count). The fraction of sp³-hybridized carbons (Fsp3) is 0.600. The van der Waals surface area contributed by atoms with Gasteiger partial charge in [-0.05, 0) is 49.7 Å². The van der Waals surface area contributed by atoms with Crippen molar-refractivity contribution in [2.24, 2.45) is 11.3 Å². The lowest BCUT2D eigenvalue weighted by Gasteiger charge is -2.38. The van der Waals surface area contributed by atoms with E-state index in [1.807, 2.05) is 23.1 Å². The highest BCUT2D eigenvalue weighted by Crippen LogP contribution is 2.34. The van der Waals surface area contributed by atoms with Crippen LogP contribution in [0.3, 0.4) is 0 Å². The van der Waals surface area contributed by atoms with Crippen LogP contribution in [0.1, 0.15) is 31.2 Å². The summed E-state index contributed by atoms with van der Waals surface area (Å²) in [5, 5.41) is 9.58. The van der Waals surface area contributed by atoms with Crippen LogP contribution in [0.25, 0.3) is 0 Å². The molecule has 0 spiro atoms. The Kier molecular flexibility index (Phi) is 5.60. The standard InChI is InChI=1S/C20H26N2O3/c1-24-18-5-3-2-4-17(18)14-16-6-10-22(11-7-16)19(23)20(15-21)8-12-25-13-9-20/h2-5,16H,6-14H2,1H3. The first-order chi connectivity index (χ1) is 12.2. The van der Waals surface area contributed by atoms with Gasteiger partial charge in [-0.1, -0.05) is 18.2 Å². The number of para-hydroxylation sites is 1. The number of likely N-dealkylation sites (tertiary alicyclic amines) is 1. The summed E-state index contributed by atoms with van der Waals surface area (Å²) >= 11 is 0. The van der Waals surface area contributed by atoms with E-state index in [0.29, 0.717) is 32.0 Å². The molecule has 5 nitrogen and oxygen atoms in total.